The van der Waals surface area contributed by atoms with Gasteiger partial charge in [0.1, 0.15) is 6.10 Å². The van der Waals surface area contributed by atoms with Gasteiger partial charge in [0.15, 0.2) is 0 Å². The summed E-state index contributed by atoms with van der Waals surface area (Å²) in [6.07, 6.45) is 13.6. The first-order valence-electron chi connectivity index (χ1n) is 7.37. The molecule has 1 aliphatic carbocycles. The topological polar surface area (TPSA) is 35.5 Å². The van der Waals surface area contributed by atoms with Crippen LogP contribution in [0, 0.1) is 5.92 Å². The van der Waals surface area contributed by atoms with Crippen molar-refractivity contribution in [2.75, 3.05) is 0 Å². The fourth-order valence-corrected chi connectivity index (χ4v) is 3.29. The molecule has 0 spiro atoms. The lowest BCUT2D eigenvalue weighted by Gasteiger charge is -2.23. The number of hydrogen-bond acceptors (Lipinski definition) is 3. The summed E-state index contributed by atoms with van der Waals surface area (Å²) >= 11 is 0. The fourth-order valence-electron chi connectivity index (χ4n) is 3.29. The van der Waals surface area contributed by atoms with E-state index in [-0.39, 0.29) is 30.2 Å². The molecular weight excluding hydrogens is 228 g/mol. The van der Waals surface area contributed by atoms with E-state index in [2.05, 4.69) is 6.08 Å². The molecular formula is C15H22O3. The summed E-state index contributed by atoms with van der Waals surface area (Å²) in [5.41, 5.74) is 0. The number of carbonyl (C=O) groups is 1. The first-order chi connectivity index (χ1) is 8.83. The molecule has 3 nitrogen and oxygen atoms in total. The van der Waals surface area contributed by atoms with Gasteiger partial charge in [-0.2, -0.15) is 0 Å². The molecule has 0 aromatic rings. The Morgan fingerprint density at radius 1 is 1.06 bits per heavy atom. The fraction of sp³-hybridized carbons (Fsp3) is 0.800. The number of carbonyl (C=O) groups excluding carboxylic acids is 1. The van der Waals surface area contributed by atoms with Crippen LogP contribution in [0.5, 0.6) is 0 Å². The molecule has 0 N–H and O–H groups in total. The van der Waals surface area contributed by atoms with Crippen molar-refractivity contribution in [3.63, 3.8) is 0 Å². The third-order valence-electron chi connectivity index (χ3n) is 4.37. The van der Waals surface area contributed by atoms with Crippen LogP contribution in [0.3, 0.4) is 0 Å². The number of ether oxygens (including phenoxy) is 2. The molecule has 0 aromatic carbocycles. The van der Waals surface area contributed by atoms with Gasteiger partial charge in [-0.3, -0.25) is 4.79 Å². The summed E-state index contributed by atoms with van der Waals surface area (Å²) in [5, 5.41) is 0. The SMILES string of the molecule is O=C(OC1CCCCCCC1)C1CC2C=CC1O2. The monoisotopic (exact) mass is 250 g/mol. The van der Waals surface area contributed by atoms with E-state index in [1.165, 1.54) is 32.1 Å². The maximum Gasteiger partial charge on any atom is 0.312 e. The lowest BCUT2D eigenvalue weighted by molar-refractivity contribution is -0.156. The molecule has 2 bridgehead atoms. The third-order valence-corrected chi connectivity index (χ3v) is 4.37. The molecule has 3 aliphatic rings. The van der Waals surface area contributed by atoms with Gasteiger partial charge in [0.25, 0.3) is 0 Å². The van der Waals surface area contributed by atoms with Crippen molar-refractivity contribution < 1.29 is 14.3 Å². The van der Waals surface area contributed by atoms with Crippen LogP contribution >= 0.6 is 0 Å². The first kappa shape index (κ1) is 12.2. The van der Waals surface area contributed by atoms with Crippen LogP contribution in [0.4, 0.5) is 0 Å². The highest BCUT2D eigenvalue weighted by molar-refractivity contribution is 5.74. The molecule has 0 aromatic heterocycles. The van der Waals surface area contributed by atoms with Crippen molar-refractivity contribution >= 4 is 5.97 Å². The Kier molecular flexibility index (Phi) is 3.69. The lowest BCUT2D eigenvalue weighted by atomic mass is 9.94. The van der Waals surface area contributed by atoms with Crippen molar-refractivity contribution in [3.8, 4) is 0 Å². The van der Waals surface area contributed by atoms with Crippen molar-refractivity contribution in [2.45, 2.75) is 69.7 Å². The second-order valence-corrected chi connectivity index (χ2v) is 5.77. The van der Waals surface area contributed by atoms with Crippen molar-refractivity contribution in [1.82, 2.24) is 0 Å². The van der Waals surface area contributed by atoms with E-state index in [0.29, 0.717) is 0 Å². The average molecular weight is 250 g/mol. The quantitative estimate of drug-likeness (QED) is 0.558. The van der Waals surface area contributed by atoms with Crippen LogP contribution in [0.25, 0.3) is 0 Å². The predicted molar refractivity (Wildman–Crippen MR) is 68.1 cm³/mol. The molecule has 3 atom stereocenters. The predicted octanol–water partition coefficient (Wildman–Crippen LogP) is 2.99. The Morgan fingerprint density at radius 2 is 1.78 bits per heavy atom. The molecule has 1 saturated carbocycles. The van der Waals surface area contributed by atoms with Gasteiger partial charge in [-0.05, 0) is 32.1 Å². The normalized spacial score (nSPS) is 36.3. The molecule has 18 heavy (non-hydrogen) atoms. The third kappa shape index (κ3) is 2.61. The molecule has 0 amide bonds. The van der Waals surface area contributed by atoms with Gasteiger partial charge >= 0.3 is 5.97 Å². The summed E-state index contributed by atoms with van der Waals surface area (Å²) in [7, 11) is 0. The van der Waals surface area contributed by atoms with Crippen molar-refractivity contribution in [3.05, 3.63) is 12.2 Å². The minimum Gasteiger partial charge on any atom is -0.462 e. The van der Waals surface area contributed by atoms with Gasteiger partial charge in [-0.15, -0.1) is 0 Å². The van der Waals surface area contributed by atoms with Crippen molar-refractivity contribution in [2.24, 2.45) is 5.92 Å². The van der Waals surface area contributed by atoms with Gasteiger partial charge in [0.05, 0.1) is 18.1 Å². The molecule has 3 heteroatoms. The lowest BCUT2D eigenvalue weighted by Crippen LogP contribution is -2.29. The molecule has 2 fully saturated rings. The van der Waals surface area contributed by atoms with Crippen LogP contribution in [0.2, 0.25) is 0 Å². The summed E-state index contributed by atoms with van der Waals surface area (Å²) in [6, 6.07) is 0. The summed E-state index contributed by atoms with van der Waals surface area (Å²) < 4.78 is 11.3. The zero-order valence-electron chi connectivity index (χ0n) is 10.8. The van der Waals surface area contributed by atoms with Crippen LogP contribution < -0.4 is 0 Å². The Labute approximate surface area is 109 Å². The maximum atomic E-state index is 12.2. The van der Waals surface area contributed by atoms with E-state index < -0.39 is 0 Å². The van der Waals surface area contributed by atoms with Gasteiger partial charge in [-0.1, -0.05) is 31.4 Å². The zero-order chi connectivity index (χ0) is 12.4. The molecule has 3 unspecified atom stereocenters. The van der Waals surface area contributed by atoms with E-state index >= 15 is 0 Å². The Balaban J connectivity index is 1.52. The standard InChI is InChI=1S/C15H22O3/c16-15(13-10-12-8-9-14(13)17-12)18-11-6-4-2-1-3-5-7-11/h8-9,11-14H,1-7,10H2. The van der Waals surface area contributed by atoms with E-state index in [9.17, 15) is 4.79 Å². The number of rotatable bonds is 2. The minimum atomic E-state index is -0.0505. The number of fused-ring (bicyclic) bond motifs is 2. The van der Waals surface area contributed by atoms with Gasteiger partial charge in [0, 0.05) is 0 Å². The highest BCUT2D eigenvalue weighted by atomic mass is 16.6. The second-order valence-electron chi connectivity index (χ2n) is 5.77. The van der Waals surface area contributed by atoms with E-state index in [1.54, 1.807) is 0 Å². The molecule has 100 valence electrons. The Bertz CT molecular complexity index is 329. The Hall–Kier alpha value is -0.830. The van der Waals surface area contributed by atoms with Gasteiger partial charge < -0.3 is 9.47 Å². The van der Waals surface area contributed by atoms with E-state index in [1.807, 2.05) is 6.08 Å². The van der Waals surface area contributed by atoms with Crippen molar-refractivity contribution in [1.29, 1.82) is 0 Å². The number of hydrogen-bond donors (Lipinski definition) is 0. The molecule has 2 heterocycles. The minimum absolute atomic E-state index is 0.0175. The number of esters is 1. The zero-order valence-corrected chi connectivity index (χ0v) is 10.8. The summed E-state index contributed by atoms with van der Waals surface area (Å²) in [5.74, 6) is -0.0807. The van der Waals surface area contributed by atoms with Crippen LogP contribution in [0.1, 0.15) is 51.4 Å². The molecule has 3 rings (SSSR count). The van der Waals surface area contributed by atoms with Crippen LogP contribution in [-0.2, 0) is 14.3 Å². The summed E-state index contributed by atoms with van der Waals surface area (Å²) in [6.45, 7) is 0. The molecule has 1 saturated heterocycles. The maximum absolute atomic E-state index is 12.2. The highest BCUT2D eigenvalue weighted by Gasteiger charge is 2.42. The highest BCUT2D eigenvalue weighted by Crippen LogP contribution is 2.35. The smallest absolute Gasteiger partial charge is 0.312 e. The van der Waals surface area contributed by atoms with Gasteiger partial charge in [0.2, 0.25) is 0 Å². The molecule has 2 aliphatic heterocycles. The second kappa shape index (κ2) is 5.43. The van der Waals surface area contributed by atoms with Gasteiger partial charge in [-0.25, -0.2) is 0 Å². The largest absolute Gasteiger partial charge is 0.462 e. The molecule has 0 radical (unpaired) electrons. The average Bonchev–Trinajstić information content (AvgIpc) is 2.94. The Morgan fingerprint density at radius 3 is 2.39 bits per heavy atom. The van der Waals surface area contributed by atoms with E-state index in [4.69, 9.17) is 9.47 Å². The summed E-state index contributed by atoms with van der Waals surface area (Å²) in [4.78, 5) is 12.2. The van der Waals surface area contributed by atoms with E-state index in [0.717, 1.165) is 19.3 Å². The van der Waals surface area contributed by atoms with Crippen LogP contribution in [0.15, 0.2) is 12.2 Å². The first-order valence-corrected chi connectivity index (χ1v) is 7.37. The van der Waals surface area contributed by atoms with Crippen LogP contribution in [-0.4, -0.2) is 24.3 Å².